The van der Waals surface area contributed by atoms with E-state index in [1.165, 1.54) is 4.90 Å². The number of hydrogen-bond acceptors (Lipinski definition) is 3. The van der Waals surface area contributed by atoms with Gasteiger partial charge in [0.05, 0.1) is 0 Å². The number of nitrogens with one attached hydrogen (secondary N) is 1. The number of alkyl halides is 2. The Hall–Kier alpha value is -1.93. The first kappa shape index (κ1) is 17.9. The Morgan fingerprint density at radius 3 is 2.28 bits per heavy atom. The number of carbonyl (C=O) groups excluding carboxylic acids is 3. The molecule has 1 unspecified atom stereocenters. The zero-order chi connectivity index (χ0) is 18.4. The second-order valence-corrected chi connectivity index (χ2v) is 7.77. The van der Waals surface area contributed by atoms with E-state index in [9.17, 15) is 23.2 Å². The van der Waals surface area contributed by atoms with Gasteiger partial charge in [0.1, 0.15) is 0 Å². The molecule has 1 saturated carbocycles. The monoisotopic (exact) mass is 358 g/mol. The van der Waals surface area contributed by atoms with E-state index in [0.717, 1.165) is 0 Å². The van der Waals surface area contributed by atoms with Crippen LogP contribution in [0.3, 0.4) is 0 Å². The molecule has 0 aromatic rings. The summed E-state index contributed by atoms with van der Waals surface area (Å²) in [7, 11) is 3.30. The summed E-state index contributed by atoms with van der Waals surface area (Å²) in [6, 6.07) is -0.178. The molecule has 0 aromatic heterocycles. The average molecular weight is 358 g/mol. The molecule has 3 aliphatic rings. The van der Waals surface area contributed by atoms with Crippen molar-refractivity contribution in [2.24, 2.45) is 11.3 Å². The second-order valence-electron chi connectivity index (χ2n) is 7.77. The molecule has 9 heteroatoms. The van der Waals surface area contributed by atoms with Gasteiger partial charge >= 0.3 is 6.03 Å². The van der Waals surface area contributed by atoms with Crippen molar-refractivity contribution in [3.8, 4) is 0 Å². The molecule has 1 spiro atoms. The largest absolute Gasteiger partial charge is 0.355 e. The van der Waals surface area contributed by atoms with Crippen molar-refractivity contribution >= 4 is 17.8 Å². The Morgan fingerprint density at radius 1 is 1.16 bits per heavy atom. The summed E-state index contributed by atoms with van der Waals surface area (Å²) >= 11 is 0. The molecule has 1 N–H and O–H groups in total. The fourth-order valence-electron chi connectivity index (χ4n) is 3.96. The third kappa shape index (κ3) is 3.55. The van der Waals surface area contributed by atoms with Gasteiger partial charge in [0.15, 0.2) is 0 Å². The zero-order valence-corrected chi connectivity index (χ0v) is 14.6. The van der Waals surface area contributed by atoms with Crippen molar-refractivity contribution in [3.05, 3.63) is 0 Å². The van der Waals surface area contributed by atoms with Gasteiger partial charge in [0.2, 0.25) is 17.7 Å². The highest BCUT2D eigenvalue weighted by Crippen LogP contribution is 2.44. The molecule has 1 atom stereocenters. The molecule has 0 aromatic carbocycles. The predicted molar refractivity (Wildman–Crippen MR) is 85.0 cm³/mol. The van der Waals surface area contributed by atoms with Gasteiger partial charge in [0.25, 0.3) is 0 Å². The lowest BCUT2D eigenvalue weighted by Crippen LogP contribution is -2.50. The van der Waals surface area contributed by atoms with Gasteiger partial charge in [0, 0.05) is 77.4 Å². The molecule has 25 heavy (non-hydrogen) atoms. The summed E-state index contributed by atoms with van der Waals surface area (Å²) in [4.78, 5) is 41.5. The van der Waals surface area contributed by atoms with Crippen LogP contribution in [0.2, 0.25) is 0 Å². The highest BCUT2D eigenvalue weighted by molar-refractivity contribution is 5.82. The Morgan fingerprint density at radius 2 is 1.76 bits per heavy atom. The van der Waals surface area contributed by atoms with Crippen molar-refractivity contribution in [2.75, 3.05) is 46.8 Å². The smallest absolute Gasteiger partial charge is 0.319 e. The molecule has 1 aliphatic carbocycles. The lowest BCUT2D eigenvalue weighted by molar-refractivity contribution is -0.160. The average Bonchev–Trinajstić information content (AvgIpc) is 2.75. The van der Waals surface area contributed by atoms with Gasteiger partial charge in [-0.3, -0.25) is 9.59 Å². The molecule has 2 saturated heterocycles. The Labute approximate surface area is 145 Å². The van der Waals surface area contributed by atoms with Crippen molar-refractivity contribution in [2.45, 2.75) is 25.2 Å². The number of carbonyl (C=O) groups is 3. The van der Waals surface area contributed by atoms with E-state index in [1.54, 1.807) is 23.9 Å². The molecule has 7 nitrogen and oxygen atoms in total. The predicted octanol–water partition coefficient (Wildman–Crippen LogP) is 0.364. The summed E-state index contributed by atoms with van der Waals surface area (Å²) < 4.78 is 26.2. The van der Waals surface area contributed by atoms with Gasteiger partial charge < -0.3 is 20.0 Å². The van der Waals surface area contributed by atoms with Crippen LogP contribution in [0.4, 0.5) is 13.6 Å². The number of hydrogen-bond donors (Lipinski definition) is 1. The van der Waals surface area contributed by atoms with E-state index in [4.69, 9.17) is 0 Å². The molecule has 3 fully saturated rings. The maximum atomic E-state index is 13.1. The van der Waals surface area contributed by atoms with E-state index in [0.29, 0.717) is 32.7 Å². The molecular formula is C16H24F2N4O3. The van der Waals surface area contributed by atoms with E-state index >= 15 is 0 Å². The molecule has 0 radical (unpaired) electrons. The minimum atomic E-state index is -2.75. The van der Waals surface area contributed by atoms with E-state index in [1.807, 2.05) is 0 Å². The van der Waals surface area contributed by atoms with Crippen LogP contribution in [-0.2, 0) is 9.59 Å². The number of amides is 4. The van der Waals surface area contributed by atoms with Crippen molar-refractivity contribution < 1.29 is 23.2 Å². The topological polar surface area (TPSA) is 73.0 Å². The van der Waals surface area contributed by atoms with Crippen LogP contribution in [0.1, 0.15) is 19.3 Å². The first-order valence-electron chi connectivity index (χ1n) is 8.50. The van der Waals surface area contributed by atoms with Crippen molar-refractivity contribution in [1.82, 2.24) is 20.0 Å². The lowest BCUT2D eigenvalue weighted by atomic mass is 9.79. The summed E-state index contributed by atoms with van der Waals surface area (Å²) in [6.45, 7) is 1.70. The SMILES string of the molecule is CN(C)C(=O)N1CCN(C(=O)C2CC(F)(F)C2)CC2(CNC(=O)C2)C1. The molecule has 2 aliphatic heterocycles. The number of urea groups is 1. The second kappa shape index (κ2) is 6.10. The van der Waals surface area contributed by atoms with Crippen LogP contribution in [0.15, 0.2) is 0 Å². The van der Waals surface area contributed by atoms with E-state index < -0.39 is 30.1 Å². The summed E-state index contributed by atoms with van der Waals surface area (Å²) in [5, 5.41) is 2.78. The minimum absolute atomic E-state index is 0.110. The first-order valence-corrected chi connectivity index (χ1v) is 8.50. The standard InChI is InChI=1S/C16H24F2N4O3/c1-20(2)14(25)22-4-3-21(13(24)11-5-16(17,18)6-11)9-15(10-22)7-12(23)19-8-15/h11H,3-10H2,1-2H3,(H,19,23). The molecule has 2 heterocycles. The summed E-state index contributed by atoms with van der Waals surface area (Å²) in [6.07, 6.45) is -0.589. The minimum Gasteiger partial charge on any atom is -0.355 e. The van der Waals surface area contributed by atoms with Gasteiger partial charge in [-0.15, -0.1) is 0 Å². The van der Waals surface area contributed by atoms with Gasteiger partial charge in [-0.2, -0.15) is 0 Å². The Bertz CT molecular complexity index is 590. The zero-order valence-electron chi connectivity index (χ0n) is 14.6. The van der Waals surface area contributed by atoms with Crippen LogP contribution >= 0.6 is 0 Å². The van der Waals surface area contributed by atoms with Crippen LogP contribution in [0.25, 0.3) is 0 Å². The van der Waals surface area contributed by atoms with Crippen molar-refractivity contribution in [1.29, 1.82) is 0 Å². The van der Waals surface area contributed by atoms with Gasteiger partial charge in [-0.1, -0.05) is 0 Å². The number of rotatable bonds is 1. The lowest BCUT2D eigenvalue weighted by Gasteiger charge is -2.38. The van der Waals surface area contributed by atoms with Crippen molar-refractivity contribution in [3.63, 3.8) is 0 Å². The normalized spacial score (nSPS) is 29.2. The third-order valence-corrected chi connectivity index (χ3v) is 5.29. The van der Waals surface area contributed by atoms with Gasteiger partial charge in [-0.25, -0.2) is 13.6 Å². The van der Waals surface area contributed by atoms with Gasteiger partial charge in [-0.05, 0) is 0 Å². The highest BCUT2D eigenvalue weighted by Gasteiger charge is 2.52. The van der Waals surface area contributed by atoms with Crippen LogP contribution < -0.4 is 5.32 Å². The number of nitrogens with zero attached hydrogens (tertiary/aromatic N) is 3. The number of halogens is 2. The van der Waals surface area contributed by atoms with E-state index in [-0.39, 0.29) is 24.3 Å². The Kier molecular flexibility index (Phi) is 4.36. The highest BCUT2D eigenvalue weighted by atomic mass is 19.3. The Balaban J connectivity index is 1.77. The molecule has 140 valence electrons. The summed E-state index contributed by atoms with van der Waals surface area (Å²) in [5.74, 6) is -3.81. The molecule has 3 rings (SSSR count). The molecule has 0 bridgehead atoms. The molecular weight excluding hydrogens is 334 g/mol. The van der Waals surface area contributed by atoms with Crippen LogP contribution in [0.5, 0.6) is 0 Å². The van der Waals surface area contributed by atoms with E-state index in [2.05, 4.69) is 5.32 Å². The quantitative estimate of drug-likeness (QED) is 0.736. The third-order valence-electron chi connectivity index (χ3n) is 5.29. The van der Waals surface area contributed by atoms with Crippen LogP contribution in [0, 0.1) is 11.3 Å². The fraction of sp³-hybridized carbons (Fsp3) is 0.812. The maximum Gasteiger partial charge on any atom is 0.319 e. The summed E-state index contributed by atoms with van der Waals surface area (Å²) in [5.41, 5.74) is -0.554. The fourth-order valence-corrected chi connectivity index (χ4v) is 3.96. The van der Waals surface area contributed by atoms with Crippen LogP contribution in [-0.4, -0.2) is 85.3 Å². The first-order chi connectivity index (χ1) is 11.6. The molecule has 4 amide bonds. The maximum absolute atomic E-state index is 13.1.